The van der Waals surface area contributed by atoms with Gasteiger partial charge >= 0.3 is 0 Å². The molecule has 0 aliphatic rings. The average molecular weight is 252 g/mol. The number of fused-ring (bicyclic) bond motifs is 1. The second kappa shape index (κ2) is 3.59. The Balaban J connectivity index is 2.74. The Morgan fingerprint density at radius 3 is 2.71 bits per heavy atom. The Kier molecular flexibility index (Phi) is 2.44. The van der Waals surface area contributed by atoms with Crippen molar-refractivity contribution in [3.8, 4) is 5.75 Å². The van der Waals surface area contributed by atoms with Crippen molar-refractivity contribution < 1.29 is 5.11 Å². The van der Waals surface area contributed by atoms with E-state index in [-0.39, 0.29) is 5.75 Å². The number of nitrogens with two attached hydrogens (primary N) is 1. The van der Waals surface area contributed by atoms with Crippen molar-refractivity contribution in [3.63, 3.8) is 0 Å². The standard InChI is InChI=1S/C11H10BrNO/c12-11-9-3-1-7(6-13)5-8(9)2-4-10(11)14/h1-5,14H,6,13H2. The fourth-order valence-corrected chi connectivity index (χ4v) is 1.95. The van der Waals surface area contributed by atoms with Gasteiger partial charge in [-0.2, -0.15) is 0 Å². The van der Waals surface area contributed by atoms with E-state index in [1.165, 1.54) is 0 Å². The molecule has 2 nitrogen and oxygen atoms in total. The van der Waals surface area contributed by atoms with E-state index in [4.69, 9.17) is 5.73 Å². The van der Waals surface area contributed by atoms with E-state index in [0.717, 1.165) is 20.8 Å². The maximum atomic E-state index is 9.47. The monoisotopic (exact) mass is 251 g/mol. The maximum Gasteiger partial charge on any atom is 0.130 e. The number of phenols is 1. The predicted molar refractivity (Wildman–Crippen MR) is 61.2 cm³/mol. The third-order valence-corrected chi connectivity index (χ3v) is 3.07. The second-order valence-electron chi connectivity index (χ2n) is 3.16. The van der Waals surface area contributed by atoms with Crippen LogP contribution in [0.15, 0.2) is 34.8 Å². The van der Waals surface area contributed by atoms with Crippen molar-refractivity contribution in [2.75, 3.05) is 0 Å². The molecule has 14 heavy (non-hydrogen) atoms. The molecule has 0 fully saturated rings. The summed E-state index contributed by atoms with van der Waals surface area (Å²) in [6.07, 6.45) is 0. The first-order chi connectivity index (χ1) is 6.72. The number of rotatable bonds is 1. The fraction of sp³-hybridized carbons (Fsp3) is 0.0909. The van der Waals surface area contributed by atoms with Crippen LogP contribution in [0.25, 0.3) is 10.8 Å². The molecule has 0 atom stereocenters. The zero-order valence-electron chi connectivity index (χ0n) is 7.50. The molecule has 0 aliphatic heterocycles. The molecular weight excluding hydrogens is 242 g/mol. The molecule has 0 aromatic heterocycles. The van der Waals surface area contributed by atoms with Crippen LogP contribution in [0, 0.1) is 0 Å². The van der Waals surface area contributed by atoms with Gasteiger partial charge in [0.05, 0.1) is 4.47 Å². The van der Waals surface area contributed by atoms with E-state index in [1.807, 2.05) is 24.3 Å². The molecule has 0 spiro atoms. The van der Waals surface area contributed by atoms with Crippen molar-refractivity contribution in [1.82, 2.24) is 0 Å². The lowest BCUT2D eigenvalue weighted by Gasteiger charge is -2.04. The molecule has 2 aromatic rings. The third-order valence-electron chi connectivity index (χ3n) is 2.23. The van der Waals surface area contributed by atoms with E-state index in [9.17, 15) is 5.11 Å². The number of phenolic OH excluding ortho intramolecular Hbond substituents is 1. The minimum absolute atomic E-state index is 0.262. The van der Waals surface area contributed by atoms with E-state index >= 15 is 0 Å². The van der Waals surface area contributed by atoms with Gasteiger partial charge < -0.3 is 10.8 Å². The molecule has 0 saturated heterocycles. The highest BCUT2D eigenvalue weighted by Gasteiger charge is 2.03. The van der Waals surface area contributed by atoms with Crippen LogP contribution in [0.1, 0.15) is 5.56 Å². The van der Waals surface area contributed by atoms with Crippen molar-refractivity contribution in [2.24, 2.45) is 5.73 Å². The topological polar surface area (TPSA) is 46.2 Å². The zero-order valence-corrected chi connectivity index (χ0v) is 9.08. The van der Waals surface area contributed by atoms with E-state index in [0.29, 0.717) is 6.54 Å². The lowest BCUT2D eigenvalue weighted by Crippen LogP contribution is -1.95. The summed E-state index contributed by atoms with van der Waals surface area (Å²) in [5.74, 6) is 0.262. The Morgan fingerprint density at radius 1 is 1.21 bits per heavy atom. The molecule has 0 bridgehead atoms. The number of hydrogen-bond acceptors (Lipinski definition) is 2. The molecular formula is C11H10BrNO. The van der Waals surface area contributed by atoms with Crippen molar-refractivity contribution in [1.29, 1.82) is 0 Å². The fourth-order valence-electron chi connectivity index (χ4n) is 1.46. The highest BCUT2D eigenvalue weighted by atomic mass is 79.9. The Morgan fingerprint density at radius 2 is 2.00 bits per heavy atom. The smallest absolute Gasteiger partial charge is 0.130 e. The Bertz CT molecular complexity index is 482. The van der Waals surface area contributed by atoms with Crippen LogP contribution in [-0.4, -0.2) is 5.11 Å². The molecule has 2 rings (SSSR count). The summed E-state index contributed by atoms with van der Waals surface area (Å²) >= 11 is 3.35. The molecule has 3 N–H and O–H groups in total. The van der Waals surface area contributed by atoms with Crippen molar-refractivity contribution >= 4 is 26.7 Å². The van der Waals surface area contributed by atoms with Crippen molar-refractivity contribution in [3.05, 3.63) is 40.4 Å². The number of aromatic hydroxyl groups is 1. The first-order valence-electron chi connectivity index (χ1n) is 4.32. The third kappa shape index (κ3) is 1.49. The van der Waals surface area contributed by atoms with Gasteiger partial charge in [-0.05, 0) is 44.4 Å². The molecule has 72 valence electrons. The highest BCUT2D eigenvalue weighted by Crippen LogP contribution is 2.32. The van der Waals surface area contributed by atoms with E-state index in [1.54, 1.807) is 6.07 Å². The molecule has 0 aliphatic carbocycles. The SMILES string of the molecule is NCc1ccc2c(Br)c(O)ccc2c1. The van der Waals surface area contributed by atoms with Gasteiger partial charge in [-0.25, -0.2) is 0 Å². The molecule has 0 unspecified atom stereocenters. The predicted octanol–water partition coefficient (Wildman–Crippen LogP) is 2.77. The molecule has 2 aromatic carbocycles. The van der Waals surface area contributed by atoms with Crippen molar-refractivity contribution in [2.45, 2.75) is 6.54 Å². The first-order valence-corrected chi connectivity index (χ1v) is 5.12. The van der Waals surface area contributed by atoms with Gasteiger partial charge in [0.15, 0.2) is 0 Å². The van der Waals surface area contributed by atoms with Gasteiger partial charge in [0.1, 0.15) is 5.75 Å². The Labute approximate surface area is 90.5 Å². The normalized spacial score (nSPS) is 10.7. The van der Waals surface area contributed by atoms with Crippen LogP contribution in [0.5, 0.6) is 5.75 Å². The minimum Gasteiger partial charge on any atom is -0.507 e. The molecule has 0 radical (unpaired) electrons. The van der Waals surface area contributed by atoms with Gasteiger partial charge in [-0.3, -0.25) is 0 Å². The van der Waals surface area contributed by atoms with Crippen LogP contribution in [0.3, 0.4) is 0 Å². The van der Waals surface area contributed by atoms with Crippen LogP contribution in [0.2, 0.25) is 0 Å². The molecule has 0 amide bonds. The summed E-state index contributed by atoms with van der Waals surface area (Å²) in [4.78, 5) is 0. The van der Waals surface area contributed by atoms with Gasteiger partial charge in [-0.1, -0.05) is 18.2 Å². The summed E-state index contributed by atoms with van der Waals surface area (Å²) < 4.78 is 0.735. The number of hydrogen-bond donors (Lipinski definition) is 2. The van der Waals surface area contributed by atoms with E-state index < -0.39 is 0 Å². The van der Waals surface area contributed by atoms with Gasteiger partial charge in [0.25, 0.3) is 0 Å². The largest absolute Gasteiger partial charge is 0.507 e. The average Bonchev–Trinajstić information content (AvgIpc) is 2.23. The quantitative estimate of drug-likeness (QED) is 0.819. The molecule has 3 heteroatoms. The summed E-state index contributed by atoms with van der Waals surface area (Å²) in [6, 6.07) is 9.51. The minimum atomic E-state index is 0.262. The maximum absolute atomic E-state index is 9.47. The van der Waals surface area contributed by atoms with Crippen LogP contribution >= 0.6 is 15.9 Å². The summed E-state index contributed by atoms with van der Waals surface area (Å²) in [6.45, 7) is 0.536. The molecule has 0 saturated carbocycles. The second-order valence-corrected chi connectivity index (χ2v) is 3.95. The van der Waals surface area contributed by atoms with Gasteiger partial charge in [0, 0.05) is 6.54 Å². The lowest BCUT2D eigenvalue weighted by atomic mass is 10.1. The van der Waals surface area contributed by atoms with Gasteiger partial charge in [0.2, 0.25) is 0 Å². The van der Waals surface area contributed by atoms with Crippen LogP contribution in [0.4, 0.5) is 0 Å². The van der Waals surface area contributed by atoms with E-state index in [2.05, 4.69) is 15.9 Å². The first kappa shape index (κ1) is 9.49. The van der Waals surface area contributed by atoms with Crippen LogP contribution < -0.4 is 5.73 Å². The highest BCUT2D eigenvalue weighted by molar-refractivity contribution is 9.10. The summed E-state index contributed by atoms with van der Waals surface area (Å²) in [7, 11) is 0. The summed E-state index contributed by atoms with van der Waals surface area (Å²) in [5, 5.41) is 11.6. The summed E-state index contributed by atoms with van der Waals surface area (Å²) in [5.41, 5.74) is 6.64. The zero-order chi connectivity index (χ0) is 10.1. The molecule has 0 heterocycles. The van der Waals surface area contributed by atoms with Crippen LogP contribution in [-0.2, 0) is 6.54 Å². The lowest BCUT2D eigenvalue weighted by molar-refractivity contribution is 0.473. The number of benzene rings is 2. The Hall–Kier alpha value is -1.06. The van der Waals surface area contributed by atoms with Gasteiger partial charge in [-0.15, -0.1) is 0 Å². The number of halogens is 1.